The van der Waals surface area contributed by atoms with Crippen molar-refractivity contribution in [1.29, 1.82) is 0 Å². The van der Waals surface area contributed by atoms with Crippen LogP contribution in [-0.2, 0) is 10.0 Å². The first-order chi connectivity index (χ1) is 10.4. The van der Waals surface area contributed by atoms with E-state index >= 15 is 0 Å². The average Bonchev–Trinajstić information content (AvgIpc) is 2.53. The van der Waals surface area contributed by atoms with E-state index < -0.39 is 16.1 Å². The van der Waals surface area contributed by atoms with Crippen LogP contribution in [0.4, 0.5) is 0 Å². The number of sulfonamides is 1. The molecule has 0 aliphatic carbocycles. The van der Waals surface area contributed by atoms with Gasteiger partial charge in [-0.2, -0.15) is 4.31 Å². The first-order valence-corrected chi connectivity index (χ1v) is 8.57. The number of rotatable bonds is 5. The highest BCUT2D eigenvalue weighted by atomic mass is 35.5. The molecule has 0 aromatic heterocycles. The lowest BCUT2D eigenvalue weighted by Crippen LogP contribution is -2.30. The van der Waals surface area contributed by atoms with Gasteiger partial charge < -0.3 is 4.74 Å². The maximum atomic E-state index is 12.8. The molecule has 6 heteroatoms. The summed E-state index contributed by atoms with van der Waals surface area (Å²) in [4.78, 5) is 0.138. The maximum absolute atomic E-state index is 12.8. The molecule has 118 valence electrons. The van der Waals surface area contributed by atoms with Crippen molar-refractivity contribution in [2.45, 2.75) is 17.9 Å². The summed E-state index contributed by atoms with van der Waals surface area (Å²) < 4.78 is 32.1. The van der Waals surface area contributed by atoms with Crippen LogP contribution in [0.3, 0.4) is 0 Å². The Morgan fingerprint density at radius 2 is 1.68 bits per heavy atom. The van der Waals surface area contributed by atoms with Gasteiger partial charge in [-0.1, -0.05) is 41.9 Å². The Kier molecular flexibility index (Phi) is 5.11. The van der Waals surface area contributed by atoms with Crippen LogP contribution in [0.25, 0.3) is 0 Å². The van der Waals surface area contributed by atoms with Gasteiger partial charge in [0.1, 0.15) is 10.6 Å². The monoisotopic (exact) mass is 339 g/mol. The van der Waals surface area contributed by atoms with E-state index in [4.69, 9.17) is 16.3 Å². The molecule has 0 unspecified atom stereocenters. The largest absolute Gasteiger partial charge is 0.495 e. The highest BCUT2D eigenvalue weighted by Gasteiger charge is 2.29. The number of hydrogen-bond donors (Lipinski definition) is 0. The number of para-hydroxylation sites is 1. The molecule has 0 saturated heterocycles. The third-order valence-electron chi connectivity index (χ3n) is 3.63. The number of halogens is 1. The highest BCUT2D eigenvalue weighted by Crippen LogP contribution is 2.33. The summed E-state index contributed by atoms with van der Waals surface area (Å²) in [5.41, 5.74) is 0.755. The summed E-state index contributed by atoms with van der Waals surface area (Å²) in [7, 11) is -0.708. The fourth-order valence-corrected chi connectivity index (χ4v) is 3.99. The normalized spacial score (nSPS) is 13.1. The van der Waals surface area contributed by atoms with Crippen LogP contribution in [0, 0.1) is 0 Å². The second-order valence-electron chi connectivity index (χ2n) is 4.87. The second kappa shape index (κ2) is 6.69. The van der Waals surface area contributed by atoms with Crippen molar-refractivity contribution in [1.82, 2.24) is 4.31 Å². The van der Waals surface area contributed by atoms with Gasteiger partial charge in [-0.3, -0.25) is 0 Å². The quantitative estimate of drug-likeness (QED) is 0.833. The Labute approximate surface area is 136 Å². The smallest absolute Gasteiger partial charge is 0.247 e. The van der Waals surface area contributed by atoms with Crippen molar-refractivity contribution in [3.63, 3.8) is 0 Å². The second-order valence-corrected chi connectivity index (χ2v) is 7.24. The number of benzene rings is 2. The molecule has 0 N–H and O–H groups in total. The molecule has 1 atom stereocenters. The van der Waals surface area contributed by atoms with Gasteiger partial charge in [0.15, 0.2) is 0 Å². The topological polar surface area (TPSA) is 46.6 Å². The summed E-state index contributed by atoms with van der Waals surface area (Å²) in [6.07, 6.45) is 0. The minimum Gasteiger partial charge on any atom is -0.495 e. The molecular weight excluding hydrogens is 322 g/mol. The molecule has 22 heavy (non-hydrogen) atoms. The zero-order valence-electron chi connectivity index (χ0n) is 12.7. The van der Waals surface area contributed by atoms with Crippen LogP contribution in [0.2, 0.25) is 5.02 Å². The van der Waals surface area contributed by atoms with E-state index in [2.05, 4.69) is 0 Å². The van der Waals surface area contributed by atoms with Crippen molar-refractivity contribution in [2.75, 3.05) is 14.2 Å². The zero-order chi connectivity index (χ0) is 16.3. The maximum Gasteiger partial charge on any atom is 0.247 e. The molecule has 0 bridgehead atoms. The molecule has 0 fully saturated rings. The lowest BCUT2D eigenvalue weighted by Gasteiger charge is -2.26. The molecule has 0 aliphatic heterocycles. The van der Waals surface area contributed by atoms with E-state index in [1.807, 2.05) is 18.2 Å². The summed E-state index contributed by atoms with van der Waals surface area (Å²) in [5.74, 6) is 0.320. The Morgan fingerprint density at radius 1 is 1.09 bits per heavy atom. The van der Waals surface area contributed by atoms with Crippen molar-refractivity contribution in [3.05, 3.63) is 59.1 Å². The van der Waals surface area contributed by atoms with Gasteiger partial charge >= 0.3 is 0 Å². The van der Waals surface area contributed by atoms with Crippen LogP contribution in [0.15, 0.2) is 53.4 Å². The van der Waals surface area contributed by atoms with E-state index in [1.165, 1.54) is 24.5 Å². The Balaban J connectivity index is 2.43. The van der Waals surface area contributed by atoms with Gasteiger partial charge in [0.25, 0.3) is 0 Å². The number of nitrogens with zero attached hydrogens (tertiary/aromatic N) is 1. The molecule has 0 heterocycles. The molecule has 0 radical (unpaired) electrons. The molecule has 0 spiro atoms. The van der Waals surface area contributed by atoms with E-state index in [9.17, 15) is 8.42 Å². The van der Waals surface area contributed by atoms with Crippen LogP contribution in [0.5, 0.6) is 5.75 Å². The van der Waals surface area contributed by atoms with Crippen LogP contribution in [0.1, 0.15) is 18.5 Å². The lowest BCUT2D eigenvalue weighted by atomic mass is 10.1. The standard InChI is InChI=1S/C16H18ClNO3S/c1-12(13-8-4-5-9-14(13)17)18(2)22(19,20)16-11-7-6-10-15(16)21-3/h4-12H,1-3H3/t12-/m0/s1. The van der Waals surface area contributed by atoms with Gasteiger partial charge in [-0.05, 0) is 30.7 Å². The fraction of sp³-hybridized carbons (Fsp3) is 0.250. The van der Waals surface area contributed by atoms with Crippen molar-refractivity contribution >= 4 is 21.6 Å². The van der Waals surface area contributed by atoms with Crippen LogP contribution in [-0.4, -0.2) is 26.9 Å². The third-order valence-corrected chi connectivity index (χ3v) is 5.94. The molecule has 2 aromatic rings. The minimum absolute atomic E-state index is 0.138. The summed E-state index contributed by atoms with van der Waals surface area (Å²) in [5, 5.41) is 0.539. The number of ether oxygens (including phenoxy) is 1. The molecule has 2 rings (SSSR count). The van der Waals surface area contributed by atoms with E-state index in [-0.39, 0.29) is 4.90 Å². The van der Waals surface area contributed by atoms with Gasteiger partial charge in [0, 0.05) is 18.1 Å². The summed E-state index contributed by atoms with van der Waals surface area (Å²) in [6, 6.07) is 13.4. The van der Waals surface area contributed by atoms with Gasteiger partial charge in [0.05, 0.1) is 7.11 Å². The van der Waals surface area contributed by atoms with E-state index in [0.717, 1.165) is 5.56 Å². The molecule has 2 aromatic carbocycles. The Hall–Kier alpha value is -1.56. The Morgan fingerprint density at radius 3 is 2.32 bits per heavy atom. The molecule has 0 aliphatic rings. The van der Waals surface area contributed by atoms with E-state index in [1.54, 1.807) is 31.2 Å². The lowest BCUT2D eigenvalue weighted by molar-refractivity contribution is 0.382. The van der Waals surface area contributed by atoms with Gasteiger partial charge in [0.2, 0.25) is 10.0 Å². The molecule has 0 saturated carbocycles. The Bertz CT molecular complexity index is 761. The molecular formula is C16H18ClNO3S. The number of methoxy groups -OCH3 is 1. The van der Waals surface area contributed by atoms with Crippen molar-refractivity contribution in [2.24, 2.45) is 0 Å². The predicted molar refractivity (Wildman–Crippen MR) is 87.8 cm³/mol. The number of hydrogen-bond acceptors (Lipinski definition) is 3. The molecule has 4 nitrogen and oxygen atoms in total. The predicted octanol–water partition coefficient (Wildman–Crippen LogP) is 3.73. The van der Waals surface area contributed by atoms with Gasteiger partial charge in [-0.15, -0.1) is 0 Å². The van der Waals surface area contributed by atoms with Crippen molar-refractivity contribution in [3.8, 4) is 5.75 Å². The minimum atomic E-state index is -3.70. The SMILES string of the molecule is COc1ccccc1S(=O)(=O)N(C)[C@@H](C)c1ccccc1Cl. The first-order valence-electron chi connectivity index (χ1n) is 6.75. The third kappa shape index (κ3) is 3.11. The fourth-order valence-electron chi connectivity index (χ4n) is 2.20. The first kappa shape index (κ1) is 16.8. The van der Waals surface area contributed by atoms with Crippen LogP contribution < -0.4 is 4.74 Å². The zero-order valence-corrected chi connectivity index (χ0v) is 14.2. The van der Waals surface area contributed by atoms with Gasteiger partial charge in [-0.25, -0.2) is 8.42 Å². The highest BCUT2D eigenvalue weighted by molar-refractivity contribution is 7.89. The van der Waals surface area contributed by atoms with Crippen LogP contribution >= 0.6 is 11.6 Å². The average molecular weight is 340 g/mol. The summed E-state index contributed by atoms with van der Waals surface area (Å²) >= 11 is 6.17. The van der Waals surface area contributed by atoms with E-state index in [0.29, 0.717) is 10.8 Å². The summed E-state index contributed by atoms with van der Waals surface area (Å²) in [6.45, 7) is 1.80. The van der Waals surface area contributed by atoms with Crippen molar-refractivity contribution < 1.29 is 13.2 Å². The molecule has 0 amide bonds.